The number of nitrogens with one attached hydrogen (secondary N) is 1. The average Bonchev–Trinajstić information content (AvgIpc) is 2.31. The fraction of sp³-hybridized carbons (Fsp3) is 0.538. The fourth-order valence-corrected chi connectivity index (χ4v) is 2.31. The van der Waals surface area contributed by atoms with E-state index in [1.54, 1.807) is 18.2 Å². The number of rotatable bonds is 3. The summed E-state index contributed by atoms with van der Waals surface area (Å²) >= 11 is 0. The van der Waals surface area contributed by atoms with Crippen molar-refractivity contribution >= 4 is 0 Å². The first-order valence-electron chi connectivity index (χ1n) is 6.09. The number of para-hydroxylation sites is 1. The van der Waals surface area contributed by atoms with E-state index in [1.807, 2.05) is 0 Å². The van der Waals surface area contributed by atoms with E-state index in [9.17, 15) is 13.2 Å². The van der Waals surface area contributed by atoms with Crippen LogP contribution in [0, 0.1) is 5.92 Å². The third-order valence-electron chi connectivity index (χ3n) is 3.11. The lowest BCUT2D eigenvalue weighted by Crippen LogP contribution is -2.31. The molecule has 100 valence electrons. The molecule has 1 heterocycles. The van der Waals surface area contributed by atoms with Crippen LogP contribution in [0.5, 0.6) is 5.75 Å². The first-order valence-corrected chi connectivity index (χ1v) is 6.09. The quantitative estimate of drug-likeness (QED) is 0.900. The highest BCUT2D eigenvalue weighted by Gasteiger charge is 2.32. The summed E-state index contributed by atoms with van der Waals surface area (Å²) in [5.74, 6) is 0.312. The lowest BCUT2D eigenvalue weighted by molar-refractivity contribution is -0.274. The molecule has 2 rings (SSSR count). The van der Waals surface area contributed by atoms with Gasteiger partial charge in [0.15, 0.2) is 0 Å². The zero-order chi connectivity index (χ0) is 13.0. The zero-order valence-electron chi connectivity index (χ0n) is 9.96. The van der Waals surface area contributed by atoms with Crippen molar-refractivity contribution in [2.45, 2.75) is 25.6 Å². The molecule has 1 unspecified atom stereocenters. The maximum Gasteiger partial charge on any atom is 0.573 e. The Morgan fingerprint density at radius 1 is 1.28 bits per heavy atom. The van der Waals surface area contributed by atoms with Gasteiger partial charge in [0.2, 0.25) is 0 Å². The highest BCUT2D eigenvalue weighted by atomic mass is 19.4. The van der Waals surface area contributed by atoms with Crippen LogP contribution in [0.1, 0.15) is 18.4 Å². The van der Waals surface area contributed by atoms with Gasteiger partial charge in [0.05, 0.1) is 0 Å². The highest BCUT2D eigenvalue weighted by Crippen LogP contribution is 2.29. The zero-order valence-corrected chi connectivity index (χ0v) is 9.96. The molecule has 2 nitrogen and oxygen atoms in total. The van der Waals surface area contributed by atoms with E-state index < -0.39 is 6.36 Å². The highest BCUT2D eigenvalue weighted by molar-refractivity contribution is 5.33. The van der Waals surface area contributed by atoms with Gasteiger partial charge in [-0.15, -0.1) is 13.2 Å². The van der Waals surface area contributed by atoms with Crippen LogP contribution in [0.3, 0.4) is 0 Å². The molecule has 0 saturated carbocycles. The summed E-state index contributed by atoms with van der Waals surface area (Å²) in [5.41, 5.74) is 0.628. The molecule has 0 aliphatic carbocycles. The van der Waals surface area contributed by atoms with Crippen LogP contribution in [0.2, 0.25) is 0 Å². The third-order valence-corrected chi connectivity index (χ3v) is 3.11. The van der Waals surface area contributed by atoms with Gasteiger partial charge in [-0.3, -0.25) is 0 Å². The van der Waals surface area contributed by atoms with Gasteiger partial charge in [-0.1, -0.05) is 18.2 Å². The van der Waals surface area contributed by atoms with Crippen molar-refractivity contribution in [2.75, 3.05) is 13.1 Å². The van der Waals surface area contributed by atoms with Gasteiger partial charge in [-0.25, -0.2) is 0 Å². The number of hydrogen-bond donors (Lipinski definition) is 1. The van der Waals surface area contributed by atoms with E-state index in [4.69, 9.17) is 0 Å². The number of halogens is 3. The lowest BCUT2D eigenvalue weighted by atomic mass is 9.92. The van der Waals surface area contributed by atoms with Gasteiger partial charge in [0.25, 0.3) is 0 Å². The molecule has 1 N–H and O–H groups in total. The molecule has 18 heavy (non-hydrogen) atoms. The molecule has 0 radical (unpaired) electrons. The SMILES string of the molecule is FC(F)(F)Oc1ccccc1CC1CCCNC1. The molecule has 1 saturated heterocycles. The van der Waals surface area contributed by atoms with E-state index in [-0.39, 0.29) is 5.75 Å². The second-order valence-corrected chi connectivity index (χ2v) is 4.57. The van der Waals surface area contributed by atoms with Gasteiger partial charge in [0.1, 0.15) is 5.75 Å². The van der Waals surface area contributed by atoms with E-state index in [0.717, 1.165) is 25.9 Å². The van der Waals surface area contributed by atoms with Crippen molar-refractivity contribution in [1.82, 2.24) is 5.32 Å². The van der Waals surface area contributed by atoms with E-state index in [0.29, 0.717) is 17.9 Å². The lowest BCUT2D eigenvalue weighted by Gasteiger charge is -2.23. The molecule has 0 spiro atoms. The third kappa shape index (κ3) is 3.91. The second kappa shape index (κ2) is 5.61. The van der Waals surface area contributed by atoms with Gasteiger partial charge in [-0.05, 0) is 49.9 Å². The molecule has 0 amide bonds. The standard InChI is InChI=1S/C13H16F3NO/c14-13(15,16)18-12-6-2-1-5-11(12)8-10-4-3-7-17-9-10/h1-2,5-6,10,17H,3-4,7-9H2. The Labute approximate surface area is 104 Å². The van der Waals surface area contributed by atoms with Gasteiger partial charge in [0, 0.05) is 0 Å². The average molecular weight is 259 g/mol. The van der Waals surface area contributed by atoms with Crippen LogP contribution in [0.25, 0.3) is 0 Å². The molecule has 1 fully saturated rings. The normalized spacial score (nSPS) is 20.7. The Balaban J connectivity index is 2.06. The van der Waals surface area contributed by atoms with Crippen LogP contribution in [0.15, 0.2) is 24.3 Å². The summed E-state index contributed by atoms with van der Waals surface area (Å²) in [6.45, 7) is 1.86. The van der Waals surface area contributed by atoms with Crippen LogP contribution in [0.4, 0.5) is 13.2 Å². The Morgan fingerprint density at radius 2 is 2.06 bits per heavy atom. The largest absolute Gasteiger partial charge is 0.573 e. The molecule has 0 bridgehead atoms. The predicted octanol–water partition coefficient (Wildman–Crippen LogP) is 3.13. The number of piperidine rings is 1. The predicted molar refractivity (Wildman–Crippen MR) is 62.4 cm³/mol. The van der Waals surface area contributed by atoms with Crippen molar-refractivity contribution in [3.63, 3.8) is 0 Å². The molecular formula is C13H16F3NO. The Bertz CT molecular complexity index is 386. The summed E-state index contributed by atoms with van der Waals surface area (Å²) in [6, 6.07) is 6.38. The Morgan fingerprint density at radius 3 is 2.72 bits per heavy atom. The molecule has 1 atom stereocenters. The van der Waals surface area contributed by atoms with E-state index in [2.05, 4.69) is 10.1 Å². The minimum absolute atomic E-state index is 0.0735. The van der Waals surface area contributed by atoms with Crippen LogP contribution < -0.4 is 10.1 Å². The van der Waals surface area contributed by atoms with Gasteiger partial charge < -0.3 is 10.1 Å². The Kier molecular flexibility index (Phi) is 4.11. The molecule has 5 heteroatoms. The number of benzene rings is 1. The maximum atomic E-state index is 12.3. The summed E-state index contributed by atoms with van der Waals surface area (Å²) in [4.78, 5) is 0. The molecule has 1 aromatic rings. The van der Waals surface area contributed by atoms with Crippen LogP contribution >= 0.6 is 0 Å². The van der Waals surface area contributed by atoms with Crippen LogP contribution in [-0.2, 0) is 6.42 Å². The van der Waals surface area contributed by atoms with Crippen molar-refractivity contribution in [3.05, 3.63) is 29.8 Å². The number of alkyl halides is 3. The summed E-state index contributed by atoms with van der Waals surface area (Å²) in [5, 5.41) is 3.26. The van der Waals surface area contributed by atoms with Crippen molar-refractivity contribution in [1.29, 1.82) is 0 Å². The van der Waals surface area contributed by atoms with Gasteiger partial charge in [-0.2, -0.15) is 0 Å². The smallest absolute Gasteiger partial charge is 0.406 e. The first kappa shape index (κ1) is 13.2. The summed E-state index contributed by atoms with van der Waals surface area (Å²) in [7, 11) is 0. The monoisotopic (exact) mass is 259 g/mol. The van der Waals surface area contributed by atoms with E-state index in [1.165, 1.54) is 6.07 Å². The first-order chi connectivity index (χ1) is 8.54. The topological polar surface area (TPSA) is 21.3 Å². The van der Waals surface area contributed by atoms with Crippen molar-refractivity contribution in [2.24, 2.45) is 5.92 Å². The minimum Gasteiger partial charge on any atom is -0.406 e. The molecular weight excluding hydrogens is 243 g/mol. The second-order valence-electron chi connectivity index (χ2n) is 4.57. The number of ether oxygens (including phenoxy) is 1. The fourth-order valence-electron chi connectivity index (χ4n) is 2.31. The molecule has 0 aromatic heterocycles. The minimum atomic E-state index is -4.62. The number of hydrogen-bond acceptors (Lipinski definition) is 2. The molecule has 1 aliphatic rings. The molecule has 1 aliphatic heterocycles. The van der Waals surface area contributed by atoms with Crippen molar-refractivity contribution in [3.8, 4) is 5.75 Å². The maximum absolute atomic E-state index is 12.3. The van der Waals surface area contributed by atoms with E-state index >= 15 is 0 Å². The van der Waals surface area contributed by atoms with Crippen LogP contribution in [-0.4, -0.2) is 19.5 Å². The Hall–Kier alpha value is -1.23. The molecule has 1 aromatic carbocycles. The summed E-state index contributed by atoms with van der Waals surface area (Å²) in [6.07, 6.45) is -1.87. The van der Waals surface area contributed by atoms with Crippen molar-refractivity contribution < 1.29 is 17.9 Å². The summed E-state index contributed by atoms with van der Waals surface area (Å²) < 4.78 is 40.8. The van der Waals surface area contributed by atoms with Gasteiger partial charge >= 0.3 is 6.36 Å².